The number of halogens is 6. The van der Waals surface area contributed by atoms with E-state index in [1.54, 1.807) is 33.1 Å². The molecular weight excluding hydrogens is 630 g/mol. The van der Waals surface area contributed by atoms with Crippen molar-refractivity contribution in [3.8, 4) is 10.6 Å². The Morgan fingerprint density at radius 3 is 2.29 bits per heavy atom. The molecule has 3 N–H and O–H groups in total. The Bertz CT molecular complexity index is 1560. The lowest BCUT2D eigenvalue weighted by molar-refractivity contribution is -0.174. The van der Waals surface area contributed by atoms with E-state index < -0.39 is 70.7 Å². The predicted octanol–water partition coefficient (Wildman–Crippen LogP) is 6.46. The van der Waals surface area contributed by atoms with Crippen molar-refractivity contribution in [3.05, 3.63) is 47.4 Å². The van der Waals surface area contributed by atoms with Crippen molar-refractivity contribution in [2.24, 2.45) is 7.05 Å². The molecule has 3 aromatic rings. The molecule has 1 aromatic carbocycles. The summed E-state index contributed by atoms with van der Waals surface area (Å²) in [7, 11) is 1.56. The van der Waals surface area contributed by atoms with Gasteiger partial charge >= 0.3 is 18.2 Å². The predicted molar refractivity (Wildman–Crippen MR) is 153 cm³/mol. The van der Waals surface area contributed by atoms with Gasteiger partial charge in [-0.2, -0.15) is 18.3 Å². The zero-order valence-electron chi connectivity index (χ0n) is 24.5. The lowest BCUT2D eigenvalue weighted by Gasteiger charge is -2.20. The van der Waals surface area contributed by atoms with Gasteiger partial charge in [-0.1, -0.05) is 17.4 Å². The molecule has 1 saturated carbocycles. The lowest BCUT2D eigenvalue weighted by atomic mass is 9.95. The van der Waals surface area contributed by atoms with Crippen molar-refractivity contribution < 1.29 is 45.5 Å². The summed E-state index contributed by atoms with van der Waals surface area (Å²) in [5.41, 5.74) is -1.22. The first-order valence-corrected chi connectivity index (χ1v) is 14.6. The van der Waals surface area contributed by atoms with Crippen LogP contribution in [0.25, 0.3) is 10.6 Å². The van der Waals surface area contributed by atoms with E-state index in [-0.39, 0.29) is 41.4 Å². The summed E-state index contributed by atoms with van der Waals surface area (Å²) in [6, 6.07) is 1.82. The molecule has 4 rings (SSSR count). The molecule has 0 aliphatic heterocycles. The Morgan fingerprint density at radius 1 is 1.02 bits per heavy atom. The quantitative estimate of drug-likeness (QED) is 0.206. The summed E-state index contributed by atoms with van der Waals surface area (Å²) in [6.45, 7) is 4.84. The monoisotopic (exact) mass is 660 g/mol. The standard InChI is InChI=1S/C28H30F6N6O4S/c1-27(2,3)44-26(43)39-24-20(38-23(45-24)19-15(30)6-5-7-16(19)31)22(41)36-18-12-35-40(4)21(18)13-8-10-14(29)17(11-9-13)37-25(42)28(32,33)34/h5-7,12-14,17H,8-11H2,1-4H3,(H,36,41)(H,37,42)(H,39,43)/t13?,14-,17-/m1/s1. The van der Waals surface area contributed by atoms with Crippen molar-refractivity contribution in [1.29, 1.82) is 0 Å². The highest BCUT2D eigenvalue weighted by molar-refractivity contribution is 7.19. The van der Waals surface area contributed by atoms with Crippen molar-refractivity contribution in [3.63, 3.8) is 0 Å². The molecule has 2 aromatic heterocycles. The average Bonchev–Trinajstić information content (AvgIpc) is 3.43. The van der Waals surface area contributed by atoms with E-state index in [0.29, 0.717) is 17.0 Å². The first-order valence-electron chi connectivity index (χ1n) is 13.7. The van der Waals surface area contributed by atoms with Gasteiger partial charge in [0.15, 0.2) is 5.69 Å². The molecule has 45 heavy (non-hydrogen) atoms. The third-order valence-corrected chi connectivity index (χ3v) is 7.87. The third kappa shape index (κ3) is 8.12. The Labute approximate surface area is 257 Å². The van der Waals surface area contributed by atoms with Gasteiger partial charge in [-0.25, -0.2) is 22.9 Å². The van der Waals surface area contributed by atoms with Gasteiger partial charge in [-0.3, -0.25) is 19.6 Å². The van der Waals surface area contributed by atoms with Crippen molar-refractivity contribution in [2.45, 2.75) is 76.4 Å². The number of alkyl halides is 4. The van der Waals surface area contributed by atoms with E-state index in [1.807, 2.05) is 0 Å². The summed E-state index contributed by atoms with van der Waals surface area (Å²) in [4.78, 5) is 41.6. The van der Waals surface area contributed by atoms with E-state index in [1.165, 1.54) is 10.9 Å². The minimum atomic E-state index is -5.16. The smallest absolute Gasteiger partial charge is 0.444 e. The van der Waals surface area contributed by atoms with E-state index >= 15 is 0 Å². The molecule has 1 unspecified atom stereocenters. The second-order valence-electron chi connectivity index (χ2n) is 11.4. The summed E-state index contributed by atoms with van der Waals surface area (Å²) in [5.74, 6) is -5.48. The number of aromatic nitrogens is 3. The molecule has 3 amide bonds. The van der Waals surface area contributed by atoms with Crippen molar-refractivity contribution in [1.82, 2.24) is 20.1 Å². The Balaban J connectivity index is 1.61. The van der Waals surface area contributed by atoms with Gasteiger partial charge in [0, 0.05) is 13.0 Å². The molecule has 3 atom stereocenters. The Morgan fingerprint density at radius 2 is 1.67 bits per heavy atom. The molecule has 10 nitrogen and oxygen atoms in total. The molecule has 17 heteroatoms. The molecule has 0 radical (unpaired) electrons. The van der Waals surface area contributed by atoms with Crippen molar-refractivity contribution >= 4 is 39.9 Å². The minimum absolute atomic E-state index is 0.111. The maximum Gasteiger partial charge on any atom is 0.471 e. The van der Waals surface area contributed by atoms with Gasteiger partial charge in [0.1, 0.15) is 33.4 Å². The largest absolute Gasteiger partial charge is 0.471 e. The first kappa shape index (κ1) is 33.7. The molecular formula is C28H30F6N6O4S. The van der Waals surface area contributed by atoms with Crippen LogP contribution in [0.2, 0.25) is 0 Å². The van der Waals surface area contributed by atoms with Gasteiger partial charge in [0.05, 0.1) is 29.2 Å². The molecule has 1 fully saturated rings. The summed E-state index contributed by atoms with van der Waals surface area (Å²) in [5, 5.41) is 10.5. The summed E-state index contributed by atoms with van der Waals surface area (Å²) >= 11 is 0.640. The van der Waals surface area contributed by atoms with E-state index in [2.05, 4.69) is 20.7 Å². The Hall–Kier alpha value is -4.15. The van der Waals surface area contributed by atoms with Gasteiger partial charge in [-0.05, 0) is 58.6 Å². The number of nitrogens with zero attached hydrogens (tertiary/aromatic N) is 3. The highest BCUT2D eigenvalue weighted by Gasteiger charge is 2.42. The molecule has 0 saturated heterocycles. The van der Waals surface area contributed by atoms with E-state index in [4.69, 9.17) is 4.74 Å². The number of amides is 3. The summed E-state index contributed by atoms with van der Waals surface area (Å²) in [6.07, 6.45) is -6.49. The molecule has 2 heterocycles. The normalized spacial score (nSPS) is 19.0. The topological polar surface area (TPSA) is 127 Å². The number of hydrogen-bond donors (Lipinski definition) is 3. The van der Waals surface area contributed by atoms with Gasteiger partial charge in [0.2, 0.25) is 0 Å². The number of anilines is 2. The van der Waals surface area contributed by atoms with Crippen molar-refractivity contribution in [2.75, 3.05) is 10.6 Å². The first-order chi connectivity index (χ1) is 20.9. The highest BCUT2D eigenvalue weighted by Crippen LogP contribution is 2.39. The molecule has 1 aliphatic rings. The van der Waals surface area contributed by atoms with Crippen LogP contribution < -0.4 is 16.0 Å². The number of carbonyl (C=O) groups excluding carboxylic acids is 3. The number of thiazole rings is 1. The van der Waals surface area contributed by atoms with Crippen LogP contribution in [-0.2, 0) is 16.6 Å². The number of nitrogens with one attached hydrogen (secondary N) is 3. The number of benzene rings is 1. The maximum atomic E-state index is 14.8. The van der Waals surface area contributed by atoms with E-state index in [0.717, 1.165) is 18.2 Å². The SMILES string of the molecule is Cn1ncc(NC(=O)c2nc(-c3c(F)cccc3F)sc2NC(=O)OC(C)(C)C)c1C1CC[C@@H](F)[C@H](NC(=O)C(F)(F)F)CC1. The van der Waals surface area contributed by atoms with Crippen LogP contribution in [-0.4, -0.2) is 56.7 Å². The second kappa shape index (κ2) is 13.1. The van der Waals surface area contributed by atoms with Crippen LogP contribution >= 0.6 is 11.3 Å². The minimum Gasteiger partial charge on any atom is -0.444 e. The highest BCUT2D eigenvalue weighted by atomic mass is 32.1. The zero-order chi connectivity index (χ0) is 33.3. The fraction of sp³-hybridized carbons (Fsp3) is 0.464. The van der Waals surface area contributed by atoms with Crippen LogP contribution in [0.15, 0.2) is 24.4 Å². The molecule has 1 aliphatic carbocycles. The molecule has 0 bridgehead atoms. The number of rotatable bonds is 6. The zero-order valence-corrected chi connectivity index (χ0v) is 25.3. The van der Waals surface area contributed by atoms with Crippen LogP contribution in [0.4, 0.5) is 41.8 Å². The number of carbonyl (C=O) groups is 3. The van der Waals surface area contributed by atoms with Gasteiger partial charge < -0.3 is 15.4 Å². The van der Waals surface area contributed by atoms with Crippen LogP contribution in [0.1, 0.15) is 68.6 Å². The van der Waals surface area contributed by atoms with E-state index in [9.17, 15) is 40.7 Å². The summed E-state index contributed by atoms with van der Waals surface area (Å²) < 4.78 is 88.9. The third-order valence-electron chi connectivity index (χ3n) is 6.88. The fourth-order valence-electron chi connectivity index (χ4n) is 4.93. The number of ether oxygens (including phenoxy) is 1. The lowest BCUT2D eigenvalue weighted by Crippen LogP contribution is -2.46. The van der Waals surface area contributed by atoms with Crippen LogP contribution in [0, 0.1) is 11.6 Å². The maximum absolute atomic E-state index is 14.8. The van der Waals surface area contributed by atoms with Gasteiger partial charge in [-0.15, -0.1) is 0 Å². The van der Waals surface area contributed by atoms with Gasteiger partial charge in [0.25, 0.3) is 5.91 Å². The Kier molecular flexibility index (Phi) is 9.80. The van der Waals surface area contributed by atoms with Crippen LogP contribution in [0.5, 0.6) is 0 Å². The number of hydrogen-bond acceptors (Lipinski definition) is 7. The average molecular weight is 661 g/mol. The second-order valence-corrected chi connectivity index (χ2v) is 12.4. The molecule has 0 spiro atoms. The molecule has 244 valence electrons. The fourth-order valence-corrected chi connectivity index (χ4v) is 5.92. The van der Waals surface area contributed by atoms with Crippen LogP contribution in [0.3, 0.4) is 0 Å². The number of aryl methyl sites for hydroxylation is 1.